The number of hydrogen-bond acceptors (Lipinski definition) is 24. The minimum absolute atomic E-state index is 0. The molecule has 8 aromatic rings. The number of benzene rings is 8. The second-order valence-corrected chi connectivity index (χ2v) is 47.4. The van der Waals surface area contributed by atoms with Crippen molar-refractivity contribution in [3.05, 3.63) is 212 Å². The number of aliphatic hydroxyl groups is 3. The Labute approximate surface area is 828 Å². The zero-order valence-corrected chi connectivity index (χ0v) is 86.8. The van der Waals surface area contributed by atoms with Crippen molar-refractivity contribution in [3.8, 4) is 57.1 Å². The summed E-state index contributed by atoms with van der Waals surface area (Å²) in [6.07, 6.45) is 7.31. The molecule has 1 spiro atoms. The third-order valence-electron chi connectivity index (χ3n) is 27.1. The maximum absolute atomic E-state index is 15.4. The van der Waals surface area contributed by atoms with Crippen LogP contribution in [0.3, 0.4) is 0 Å². The standard InChI is InChI=1S/C34H37FO8S.C26H30BFO6.C14H19BrO4S.C14H19BrO2S.C8H9BrO.C6H10OS.CH4/c1-20-14-24(42-19-34(37)10-12-44(38,39)13-11-34)15-21(2)32(20)26-6-8-28(35)33-27(26)7-9-29(33)43-23-4-5-25-22(16-31(36)40-3)18-41-30(25)17-23;1-25(2)26(3,4)34-27(33-25)19-9-10-20(28)24-18(19)8-11-21(24)32-16-6-7-17-15(12-23(29)30-5)14-31-22(17)13-16;1-10-7-12(8-11(2)13(10)15)19-9-14(16)3-5-20(17,18)6-4-14;1-10-7-12(8-11(2)13(10)15)17-9-14(16)3-5-18-6-4-14;1-5-3-7(10)4-6(2)8(5)9;1-3-8-4-2-6(1)5-7-6;/h4-6,8,14-15,17,22,29,37H,7,9-13,16,18-19H2,1-3H3;6-7,9-10,13,15,21H,8,11-12,14H2,1-5H3;7-8,16H,3-6,9H2,1-2H3;7-8,16H,3-6,9H2,1-2H3;3-4,10H,1-2H3;1-5H2;1H4/t22-,29-;15-,21-;;;;;/m11...../s1. The van der Waals surface area contributed by atoms with Gasteiger partial charge in [-0.3, -0.25) is 9.59 Å². The number of aromatic hydroxyl groups is 1. The number of methoxy groups -OCH3 is 2. The molecule has 0 radical (unpaired) electrons. The fraction of sp³-hybridized carbons (Fsp3) is 0.515. The number of phenolic OH excluding ortho intramolecular Hbond substituents is 1. The van der Waals surface area contributed by atoms with E-state index in [1.165, 1.54) is 50.7 Å². The Morgan fingerprint density at radius 2 is 0.837 bits per heavy atom. The van der Waals surface area contributed by atoms with Crippen LogP contribution >= 0.6 is 71.3 Å². The fourth-order valence-electron chi connectivity index (χ4n) is 18.1. The third kappa shape index (κ3) is 26.9. The van der Waals surface area contributed by atoms with Gasteiger partial charge in [-0.1, -0.05) is 79.5 Å². The summed E-state index contributed by atoms with van der Waals surface area (Å²) in [4.78, 5) is 23.4. The molecule has 0 aromatic heterocycles. The van der Waals surface area contributed by atoms with Gasteiger partial charge in [0.15, 0.2) is 19.7 Å². The zero-order chi connectivity index (χ0) is 96.8. The number of esters is 2. The lowest BCUT2D eigenvalue weighted by atomic mass is 9.75. The van der Waals surface area contributed by atoms with Gasteiger partial charge in [0.1, 0.15) is 106 Å². The van der Waals surface area contributed by atoms with Crippen LogP contribution in [-0.4, -0.2) is 190 Å². The highest BCUT2D eigenvalue weighted by atomic mass is 79.9. The molecule has 8 aliphatic heterocycles. The average Bonchev–Trinajstić information content (AvgIpc) is 1.43. The van der Waals surface area contributed by atoms with Gasteiger partial charge in [0, 0.05) is 59.6 Å². The molecule has 22 nitrogen and oxygen atoms in total. The van der Waals surface area contributed by atoms with E-state index in [-0.39, 0.29) is 118 Å². The summed E-state index contributed by atoms with van der Waals surface area (Å²) >= 11 is 14.4. The molecule has 135 heavy (non-hydrogen) atoms. The Kier molecular flexibility index (Phi) is 35.4. The number of phenols is 1. The highest BCUT2D eigenvalue weighted by Crippen LogP contribution is 2.49. The average molecular weight is 2130 g/mol. The van der Waals surface area contributed by atoms with E-state index in [0.717, 1.165) is 133 Å². The van der Waals surface area contributed by atoms with Crippen LogP contribution in [0.1, 0.15) is 214 Å². The van der Waals surface area contributed by atoms with Crippen LogP contribution < -0.4 is 38.6 Å². The van der Waals surface area contributed by atoms with Crippen molar-refractivity contribution in [2.75, 3.05) is 99.9 Å². The highest BCUT2D eigenvalue weighted by Gasteiger charge is 2.53. The van der Waals surface area contributed by atoms with Crippen LogP contribution in [0.5, 0.6) is 46.0 Å². The van der Waals surface area contributed by atoms with Gasteiger partial charge in [0.2, 0.25) is 0 Å². The molecule has 2 aliphatic carbocycles. The molecule has 734 valence electrons. The van der Waals surface area contributed by atoms with Crippen LogP contribution in [0.15, 0.2) is 123 Å². The minimum atomic E-state index is -3.10. The van der Waals surface area contributed by atoms with Crippen molar-refractivity contribution in [1.29, 1.82) is 0 Å². The first kappa shape index (κ1) is 107. The van der Waals surface area contributed by atoms with Crippen molar-refractivity contribution in [3.63, 3.8) is 0 Å². The number of fused-ring (bicyclic) bond motifs is 4. The quantitative estimate of drug-likeness (QED) is 0.0332. The van der Waals surface area contributed by atoms with Gasteiger partial charge in [0.05, 0.1) is 86.7 Å². The van der Waals surface area contributed by atoms with E-state index in [2.05, 4.69) is 73.4 Å². The molecule has 6 saturated heterocycles. The molecule has 4 atom stereocenters. The van der Waals surface area contributed by atoms with Gasteiger partial charge in [-0.15, -0.1) is 0 Å². The summed E-state index contributed by atoms with van der Waals surface area (Å²) in [6, 6.07) is 32.8. The molecule has 0 bridgehead atoms. The van der Waals surface area contributed by atoms with Crippen molar-refractivity contribution in [2.24, 2.45) is 0 Å². The molecular formula is C103H128BBr3F2O22S4. The first-order chi connectivity index (χ1) is 63.3. The smallest absolute Gasteiger partial charge is 0.495 e. The predicted molar refractivity (Wildman–Crippen MR) is 538 cm³/mol. The fourth-order valence-corrected chi connectivity index (χ4v) is 24.4. The van der Waals surface area contributed by atoms with Gasteiger partial charge in [-0.2, -0.15) is 23.5 Å². The lowest BCUT2D eigenvalue weighted by Crippen LogP contribution is -2.43. The van der Waals surface area contributed by atoms with Crippen LogP contribution in [0, 0.1) is 67.0 Å². The van der Waals surface area contributed by atoms with Crippen LogP contribution in [-0.2, 0) is 65.6 Å². The van der Waals surface area contributed by atoms with E-state index in [9.17, 15) is 41.7 Å². The van der Waals surface area contributed by atoms with Crippen LogP contribution in [0.4, 0.5) is 8.78 Å². The largest absolute Gasteiger partial charge is 0.508 e. The Hall–Kier alpha value is -7.18. The number of halogens is 5. The molecule has 10 aliphatic rings. The Morgan fingerprint density at radius 1 is 0.481 bits per heavy atom. The Balaban J connectivity index is 0.000000158. The topological polar surface area (TPSA) is 297 Å². The van der Waals surface area contributed by atoms with E-state index in [1.54, 1.807) is 18.2 Å². The van der Waals surface area contributed by atoms with Gasteiger partial charge < -0.3 is 77.1 Å². The van der Waals surface area contributed by atoms with Gasteiger partial charge in [-0.05, 0) is 328 Å². The lowest BCUT2D eigenvalue weighted by molar-refractivity contribution is -0.142. The summed E-state index contributed by atoms with van der Waals surface area (Å²) in [5.41, 5.74) is 12.8. The second-order valence-electron chi connectivity index (χ2n) is 38.0. The highest BCUT2D eigenvalue weighted by molar-refractivity contribution is 9.11. The van der Waals surface area contributed by atoms with Gasteiger partial charge >= 0.3 is 19.1 Å². The molecule has 18 rings (SSSR count). The summed E-state index contributed by atoms with van der Waals surface area (Å²) in [5.74, 6) is 8.44. The van der Waals surface area contributed by atoms with Crippen LogP contribution in [0.25, 0.3) is 11.1 Å². The first-order valence-corrected chi connectivity index (χ1v) is 54.0. The summed E-state index contributed by atoms with van der Waals surface area (Å²) < 4.78 is 149. The summed E-state index contributed by atoms with van der Waals surface area (Å²) in [7, 11) is -3.87. The van der Waals surface area contributed by atoms with E-state index < -0.39 is 67.0 Å². The summed E-state index contributed by atoms with van der Waals surface area (Å²) in [6.45, 7) is 26.4. The number of aryl methyl sites for hydroxylation is 8. The second kappa shape index (κ2) is 44.7. The molecule has 8 heterocycles. The number of ether oxygens (including phenoxy) is 10. The van der Waals surface area contributed by atoms with E-state index in [4.69, 9.17) is 61.8 Å². The minimum Gasteiger partial charge on any atom is -0.508 e. The van der Waals surface area contributed by atoms with Crippen LogP contribution in [0.2, 0.25) is 0 Å². The van der Waals surface area contributed by atoms with E-state index >= 15 is 8.78 Å². The van der Waals surface area contributed by atoms with Crippen molar-refractivity contribution < 1.29 is 112 Å². The number of carbonyl (C=O) groups is 2. The molecule has 0 amide bonds. The third-order valence-corrected chi connectivity index (χ3v) is 36.1. The molecule has 0 saturated carbocycles. The number of thioether (sulfide) groups is 2. The zero-order valence-electron chi connectivity index (χ0n) is 78.7. The van der Waals surface area contributed by atoms with Crippen molar-refractivity contribution in [1.82, 2.24) is 0 Å². The lowest BCUT2D eigenvalue weighted by Gasteiger charge is -2.32. The van der Waals surface area contributed by atoms with Gasteiger partial charge in [0.25, 0.3) is 0 Å². The summed E-state index contributed by atoms with van der Waals surface area (Å²) in [5, 5.41) is 40.7. The monoisotopic (exact) mass is 2130 g/mol. The molecule has 32 heteroatoms. The predicted octanol–water partition coefficient (Wildman–Crippen LogP) is 20.5. The van der Waals surface area contributed by atoms with Crippen molar-refractivity contribution >= 4 is 116 Å². The van der Waals surface area contributed by atoms with Crippen molar-refractivity contribution in [2.45, 2.75) is 238 Å². The number of sulfone groups is 2. The Bertz CT molecular complexity index is 5700. The van der Waals surface area contributed by atoms with E-state index in [1.807, 2.05) is 160 Å². The van der Waals surface area contributed by atoms with Gasteiger partial charge in [-0.25, -0.2) is 25.6 Å². The molecular weight excluding hydrogens is 2010 g/mol. The Morgan fingerprint density at radius 3 is 1.22 bits per heavy atom. The maximum Gasteiger partial charge on any atom is 0.495 e. The molecule has 8 aromatic carbocycles. The normalized spacial score (nSPS) is 21.2. The number of carbonyl (C=O) groups excluding carboxylic acids is 2. The van der Waals surface area contributed by atoms with E-state index in [0.29, 0.717) is 102 Å². The SMILES string of the molecule is C.C1CC2(CCS1)CO2.COC(=O)C[C@@H]1COc2cc(O[C@@H]3CCc4c(-c5c(C)cc(OCC6(O)CCS(=O)(=O)CC6)cc5C)ccc(F)c43)ccc21.COC(=O)C[C@@H]1COc2cc(O[C@@H]3CCc4c(B5OC(C)(C)C(C)(C)O5)ccc(F)c43)ccc21.Cc1cc(O)cc(C)c1Br.Cc1cc(OCC2(O)CCS(=O)(=O)CC2)cc(C)c1Br.Cc1cc(OCC2(O)CCSCC2)cc(C)c1Br. The maximum atomic E-state index is 15.4. The molecule has 0 unspecified atom stereocenters. The number of hydrogen-bond donors (Lipinski definition) is 4. The molecule has 4 N–H and O–H groups in total. The first-order valence-electron chi connectivity index (χ1n) is 45.6. The number of epoxide rings is 1. The number of rotatable bonds is 19. The molecule has 6 fully saturated rings.